The van der Waals surface area contributed by atoms with E-state index < -0.39 is 6.10 Å². The van der Waals surface area contributed by atoms with Crippen LogP contribution in [0.25, 0.3) is 0 Å². The van der Waals surface area contributed by atoms with E-state index in [1.54, 1.807) is 0 Å². The summed E-state index contributed by atoms with van der Waals surface area (Å²) in [4.78, 5) is 0. The molecule has 1 aromatic carbocycles. The Morgan fingerprint density at radius 3 is 2.60 bits per heavy atom. The molecule has 4 heteroatoms. The molecule has 0 bridgehead atoms. The van der Waals surface area contributed by atoms with Gasteiger partial charge in [-0.2, -0.15) is 0 Å². The fraction of sp³-hybridized carbons (Fsp3) is 0.625. The number of halogens is 1. The third-order valence-corrected chi connectivity index (χ3v) is 4.13. The number of aliphatic hydroxyl groups is 1. The van der Waals surface area contributed by atoms with Gasteiger partial charge in [0.2, 0.25) is 0 Å². The molecule has 0 aromatic heterocycles. The molecule has 3 nitrogen and oxygen atoms in total. The van der Waals surface area contributed by atoms with Crippen molar-refractivity contribution < 1.29 is 9.84 Å². The van der Waals surface area contributed by atoms with Gasteiger partial charge in [0.1, 0.15) is 5.75 Å². The number of aryl methyl sites for hydroxylation is 1. The lowest BCUT2D eigenvalue weighted by Gasteiger charge is -2.23. The van der Waals surface area contributed by atoms with Crippen LogP contribution in [0.5, 0.6) is 5.75 Å². The molecule has 0 saturated carbocycles. The number of hydrogen-bond donors (Lipinski definition) is 2. The molecule has 0 aliphatic carbocycles. The van der Waals surface area contributed by atoms with Crippen molar-refractivity contribution in [2.24, 2.45) is 5.73 Å². The smallest absolute Gasteiger partial charge is 0.123 e. The molecule has 2 unspecified atom stereocenters. The lowest BCUT2D eigenvalue weighted by atomic mass is 9.89. The number of hydrogen-bond acceptors (Lipinski definition) is 3. The first-order valence-electron chi connectivity index (χ1n) is 7.22. The Balaban J connectivity index is 3.16. The average Bonchev–Trinajstić information content (AvgIpc) is 2.41. The molecule has 1 aromatic rings. The predicted octanol–water partition coefficient (Wildman–Crippen LogP) is 3.56. The Morgan fingerprint density at radius 1 is 1.40 bits per heavy atom. The monoisotopic (exact) mass is 299 g/mol. The zero-order valence-corrected chi connectivity index (χ0v) is 13.6. The summed E-state index contributed by atoms with van der Waals surface area (Å²) in [5.74, 6) is 1.03. The second-order valence-electron chi connectivity index (χ2n) is 5.42. The molecule has 0 radical (unpaired) electrons. The molecule has 0 aliphatic rings. The van der Waals surface area contributed by atoms with E-state index in [2.05, 4.69) is 13.8 Å². The zero-order chi connectivity index (χ0) is 15.3. The van der Waals surface area contributed by atoms with Crippen molar-refractivity contribution in [2.45, 2.75) is 52.6 Å². The van der Waals surface area contributed by atoms with Gasteiger partial charge in [-0.1, -0.05) is 25.4 Å². The van der Waals surface area contributed by atoms with Gasteiger partial charge in [0.15, 0.2) is 0 Å². The maximum absolute atomic E-state index is 9.77. The normalized spacial score (nSPS) is 14.2. The van der Waals surface area contributed by atoms with E-state index in [1.807, 2.05) is 19.9 Å². The minimum atomic E-state index is -0.497. The van der Waals surface area contributed by atoms with E-state index in [-0.39, 0.29) is 12.5 Å². The molecule has 1 rings (SSSR count). The maximum Gasteiger partial charge on any atom is 0.123 e. The summed E-state index contributed by atoms with van der Waals surface area (Å²) in [6.07, 6.45) is 1.07. The van der Waals surface area contributed by atoms with Gasteiger partial charge in [-0.05, 0) is 49.8 Å². The van der Waals surface area contributed by atoms with Crippen molar-refractivity contribution in [3.05, 3.63) is 27.8 Å². The minimum Gasteiger partial charge on any atom is -0.493 e. The van der Waals surface area contributed by atoms with Crippen LogP contribution in [-0.2, 0) is 0 Å². The van der Waals surface area contributed by atoms with E-state index in [9.17, 15) is 5.11 Å². The number of nitrogens with two attached hydrogens (primary N) is 1. The van der Waals surface area contributed by atoms with E-state index in [1.165, 1.54) is 0 Å². The summed E-state index contributed by atoms with van der Waals surface area (Å²) >= 11 is 6.36. The third-order valence-electron chi connectivity index (χ3n) is 3.54. The topological polar surface area (TPSA) is 55.5 Å². The van der Waals surface area contributed by atoms with Crippen LogP contribution in [0.2, 0.25) is 5.02 Å². The van der Waals surface area contributed by atoms with Gasteiger partial charge in [-0.3, -0.25) is 0 Å². The van der Waals surface area contributed by atoms with Crippen LogP contribution in [0.1, 0.15) is 49.3 Å². The fourth-order valence-electron chi connectivity index (χ4n) is 2.50. The van der Waals surface area contributed by atoms with E-state index in [4.69, 9.17) is 22.1 Å². The zero-order valence-electron chi connectivity index (χ0n) is 12.9. The first kappa shape index (κ1) is 17.3. The Kier molecular flexibility index (Phi) is 6.80. The Morgan fingerprint density at radius 2 is 2.05 bits per heavy atom. The van der Waals surface area contributed by atoms with Gasteiger partial charge < -0.3 is 15.6 Å². The van der Waals surface area contributed by atoms with Gasteiger partial charge in [0.25, 0.3) is 0 Å². The SMILES string of the molecule is CCCOc1cc(C)c(Cl)c(C)c1C(C)CC(O)CN. The second-order valence-corrected chi connectivity index (χ2v) is 5.80. The average molecular weight is 300 g/mol. The highest BCUT2D eigenvalue weighted by Gasteiger charge is 2.20. The van der Waals surface area contributed by atoms with Gasteiger partial charge >= 0.3 is 0 Å². The van der Waals surface area contributed by atoms with Crippen LogP contribution in [0.3, 0.4) is 0 Å². The van der Waals surface area contributed by atoms with Crippen LogP contribution in [-0.4, -0.2) is 24.4 Å². The van der Waals surface area contributed by atoms with Gasteiger partial charge in [0, 0.05) is 17.1 Å². The maximum atomic E-state index is 9.77. The minimum absolute atomic E-state index is 0.151. The quantitative estimate of drug-likeness (QED) is 0.809. The molecule has 0 spiro atoms. The standard InChI is InChI=1S/C16H26ClNO2/c1-5-6-20-14-8-11(3)16(17)12(4)15(14)10(2)7-13(19)9-18/h8,10,13,19H,5-7,9,18H2,1-4H3. The third kappa shape index (κ3) is 4.11. The molecule has 3 N–H and O–H groups in total. The summed E-state index contributed by atoms with van der Waals surface area (Å²) in [6.45, 7) is 9.10. The van der Waals surface area contributed by atoms with Gasteiger partial charge in [-0.25, -0.2) is 0 Å². The van der Waals surface area contributed by atoms with Gasteiger partial charge in [-0.15, -0.1) is 0 Å². The predicted molar refractivity (Wildman–Crippen MR) is 84.8 cm³/mol. The lowest BCUT2D eigenvalue weighted by Crippen LogP contribution is -2.22. The van der Waals surface area contributed by atoms with Crippen molar-refractivity contribution >= 4 is 11.6 Å². The molecular weight excluding hydrogens is 274 g/mol. The van der Waals surface area contributed by atoms with E-state index in [0.29, 0.717) is 13.0 Å². The van der Waals surface area contributed by atoms with Crippen LogP contribution >= 0.6 is 11.6 Å². The Hall–Kier alpha value is -0.770. The van der Waals surface area contributed by atoms with Crippen molar-refractivity contribution in [2.75, 3.05) is 13.2 Å². The second kappa shape index (κ2) is 7.87. The number of aliphatic hydroxyl groups excluding tert-OH is 1. The van der Waals surface area contributed by atoms with Crippen LogP contribution in [0, 0.1) is 13.8 Å². The number of rotatable bonds is 7. The molecule has 114 valence electrons. The molecule has 0 aliphatic heterocycles. The largest absolute Gasteiger partial charge is 0.493 e. The first-order chi connectivity index (χ1) is 9.42. The van der Waals surface area contributed by atoms with Gasteiger partial charge in [0.05, 0.1) is 12.7 Å². The summed E-state index contributed by atoms with van der Waals surface area (Å²) in [5.41, 5.74) is 8.64. The van der Waals surface area contributed by atoms with Crippen molar-refractivity contribution in [3.8, 4) is 5.75 Å². The van der Waals surface area contributed by atoms with Crippen LogP contribution < -0.4 is 10.5 Å². The summed E-state index contributed by atoms with van der Waals surface area (Å²) in [6, 6.07) is 1.99. The Labute approximate surface area is 127 Å². The Bertz CT molecular complexity index is 449. The highest BCUT2D eigenvalue weighted by molar-refractivity contribution is 6.32. The van der Waals surface area contributed by atoms with Crippen LogP contribution in [0.15, 0.2) is 6.07 Å². The lowest BCUT2D eigenvalue weighted by molar-refractivity contribution is 0.164. The van der Waals surface area contributed by atoms with Crippen LogP contribution in [0.4, 0.5) is 0 Å². The van der Waals surface area contributed by atoms with E-state index in [0.717, 1.165) is 33.9 Å². The van der Waals surface area contributed by atoms with Crippen molar-refractivity contribution in [3.63, 3.8) is 0 Å². The molecule has 0 heterocycles. The highest BCUT2D eigenvalue weighted by atomic mass is 35.5. The van der Waals surface area contributed by atoms with E-state index >= 15 is 0 Å². The summed E-state index contributed by atoms with van der Waals surface area (Å²) in [7, 11) is 0. The molecule has 0 fully saturated rings. The first-order valence-corrected chi connectivity index (χ1v) is 7.60. The highest BCUT2D eigenvalue weighted by Crippen LogP contribution is 2.38. The summed E-state index contributed by atoms with van der Waals surface area (Å²) < 4.78 is 5.87. The fourth-order valence-corrected chi connectivity index (χ4v) is 2.66. The molecule has 0 saturated heterocycles. The van der Waals surface area contributed by atoms with Crippen molar-refractivity contribution in [1.29, 1.82) is 0 Å². The number of ether oxygens (including phenoxy) is 1. The number of benzene rings is 1. The summed E-state index contributed by atoms with van der Waals surface area (Å²) in [5, 5.41) is 10.5. The molecule has 20 heavy (non-hydrogen) atoms. The molecular formula is C16H26ClNO2. The molecule has 0 amide bonds. The molecule has 2 atom stereocenters. The van der Waals surface area contributed by atoms with Crippen molar-refractivity contribution in [1.82, 2.24) is 0 Å².